The number of nitrogens with zero attached hydrogens (tertiary/aromatic N) is 2. The van der Waals surface area contributed by atoms with E-state index in [1.165, 1.54) is 15.3 Å². The average molecular weight is 432 g/mol. The van der Waals surface area contributed by atoms with Crippen LogP contribution in [0.15, 0.2) is 60.0 Å². The number of carbonyl (C=O) groups is 2. The van der Waals surface area contributed by atoms with Crippen molar-refractivity contribution in [1.29, 1.82) is 0 Å². The molecule has 1 saturated heterocycles. The zero-order valence-corrected chi connectivity index (χ0v) is 18.5. The Morgan fingerprint density at radius 2 is 1.81 bits per heavy atom. The summed E-state index contributed by atoms with van der Waals surface area (Å²) in [6.07, 6.45) is 0.956. The topological polar surface area (TPSA) is 52.7 Å². The molecular weight excluding hydrogens is 406 g/mol. The maximum Gasteiger partial charge on any atom is 0.326 e. The fraction of sp³-hybridized carbons (Fsp3) is 0.280. The minimum absolute atomic E-state index is 0.219. The molecule has 5 rings (SSSR count). The minimum atomic E-state index is -1.21. The molecule has 5 nitrogen and oxygen atoms in total. The number of thiophene rings is 1. The lowest BCUT2D eigenvalue weighted by Gasteiger charge is -2.31. The van der Waals surface area contributed by atoms with Crippen LogP contribution in [0.1, 0.15) is 32.7 Å². The SMILES string of the molecule is Cc1ccc(C2(c3ccccc3)NC(=O)N(CN3CCc4sccc4C3)C2=O)cc1C. The molecule has 0 spiro atoms. The van der Waals surface area contributed by atoms with E-state index in [0.29, 0.717) is 6.67 Å². The van der Waals surface area contributed by atoms with Crippen molar-refractivity contribution in [3.8, 4) is 0 Å². The molecule has 158 valence electrons. The molecular formula is C25H25N3O2S. The van der Waals surface area contributed by atoms with Crippen LogP contribution in [0.4, 0.5) is 4.79 Å². The Balaban J connectivity index is 1.52. The van der Waals surface area contributed by atoms with Crippen LogP contribution in [-0.4, -0.2) is 35.0 Å². The molecule has 0 bridgehead atoms. The highest BCUT2D eigenvalue weighted by molar-refractivity contribution is 7.10. The van der Waals surface area contributed by atoms with Gasteiger partial charge in [0.15, 0.2) is 5.54 Å². The zero-order valence-electron chi connectivity index (χ0n) is 17.7. The van der Waals surface area contributed by atoms with Gasteiger partial charge in [0, 0.05) is 18.0 Å². The van der Waals surface area contributed by atoms with Gasteiger partial charge in [0.25, 0.3) is 5.91 Å². The highest BCUT2D eigenvalue weighted by atomic mass is 32.1. The van der Waals surface area contributed by atoms with Crippen LogP contribution >= 0.6 is 11.3 Å². The number of rotatable bonds is 4. The Labute approximate surface area is 186 Å². The second-order valence-electron chi connectivity index (χ2n) is 8.39. The first kappa shape index (κ1) is 20.0. The summed E-state index contributed by atoms with van der Waals surface area (Å²) >= 11 is 1.78. The van der Waals surface area contributed by atoms with Gasteiger partial charge in [-0.25, -0.2) is 9.69 Å². The highest BCUT2D eigenvalue weighted by Crippen LogP contribution is 2.37. The van der Waals surface area contributed by atoms with Gasteiger partial charge in [-0.2, -0.15) is 0 Å². The van der Waals surface area contributed by atoms with Crippen molar-refractivity contribution in [2.24, 2.45) is 0 Å². The van der Waals surface area contributed by atoms with Gasteiger partial charge < -0.3 is 5.32 Å². The standard InChI is InChI=1S/C25H25N3O2S/c1-17-8-9-21(14-18(17)2)25(20-6-4-3-5-7-20)23(29)28(24(30)26-25)16-27-12-10-22-19(15-27)11-13-31-22/h3-9,11,13-14H,10,12,15-16H2,1-2H3,(H,26,30). The van der Waals surface area contributed by atoms with Crippen molar-refractivity contribution in [1.82, 2.24) is 15.1 Å². The molecule has 1 atom stereocenters. The van der Waals surface area contributed by atoms with Crippen molar-refractivity contribution >= 4 is 23.3 Å². The number of nitrogens with one attached hydrogen (secondary N) is 1. The lowest BCUT2D eigenvalue weighted by Crippen LogP contribution is -2.47. The molecule has 1 fully saturated rings. The highest BCUT2D eigenvalue weighted by Gasteiger charge is 2.54. The molecule has 6 heteroatoms. The van der Waals surface area contributed by atoms with Crippen molar-refractivity contribution < 1.29 is 9.59 Å². The van der Waals surface area contributed by atoms with E-state index >= 15 is 0 Å². The molecule has 0 saturated carbocycles. The number of imide groups is 1. The molecule has 3 amide bonds. The molecule has 31 heavy (non-hydrogen) atoms. The number of hydrogen-bond donors (Lipinski definition) is 1. The largest absolute Gasteiger partial charge is 0.326 e. The maximum absolute atomic E-state index is 13.9. The predicted molar refractivity (Wildman–Crippen MR) is 122 cm³/mol. The molecule has 2 aliphatic rings. The Bertz CT molecular complexity index is 1160. The predicted octanol–water partition coefficient (Wildman–Crippen LogP) is 4.18. The first-order valence-electron chi connectivity index (χ1n) is 10.5. The summed E-state index contributed by atoms with van der Waals surface area (Å²) < 4.78 is 0. The van der Waals surface area contributed by atoms with Gasteiger partial charge in [0.1, 0.15) is 0 Å². The Hall–Kier alpha value is -2.96. The fourth-order valence-corrected chi connectivity index (χ4v) is 5.44. The molecule has 1 aromatic heterocycles. The molecule has 1 unspecified atom stereocenters. The van der Waals surface area contributed by atoms with E-state index in [0.717, 1.165) is 41.8 Å². The lowest BCUT2D eigenvalue weighted by molar-refractivity contribution is -0.131. The molecule has 2 aliphatic heterocycles. The van der Waals surface area contributed by atoms with Crippen LogP contribution < -0.4 is 5.32 Å². The monoisotopic (exact) mass is 431 g/mol. The van der Waals surface area contributed by atoms with Gasteiger partial charge >= 0.3 is 6.03 Å². The van der Waals surface area contributed by atoms with Crippen LogP contribution in [0.2, 0.25) is 0 Å². The van der Waals surface area contributed by atoms with Crippen molar-refractivity contribution in [3.63, 3.8) is 0 Å². The van der Waals surface area contributed by atoms with Crippen LogP contribution in [0, 0.1) is 13.8 Å². The van der Waals surface area contributed by atoms with Crippen molar-refractivity contribution in [2.75, 3.05) is 13.2 Å². The normalized spacial score (nSPS) is 21.3. The van der Waals surface area contributed by atoms with Gasteiger partial charge in [0.05, 0.1) is 6.67 Å². The number of carbonyl (C=O) groups excluding carboxylic acids is 2. The summed E-state index contributed by atoms with van der Waals surface area (Å²) in [5.74, 6) is -0.219. The second kappa shape index (κ2) is 7.62. The molecule has 0 aliphatic carbocycles. The third kappa shape index (κ3) is 3.27. The van der Waals surface area contributed by atoms with E-state index in [1.54, 1.807) is 11.3 Å². The Kier molecular flexibility index (Phi) is 4.91. The summed E-state index contributed by atoms with van der Waals surface area (Å²) in [7, 11) is 0. The summed E-state index contributed by atoms with van der Waals surface area (Å²) in [6, 6.07) is 17.3. The van der Waals surface area contributed by atoms with E-state index in [9.17, 15) is 9.59 Å². The second-order valence-corrected chi connectivity index (χ2v) is 9.39. The smallest absolute Gasteiger partial charge is 0.315 e. The van der Waals surface area contributed by atoms with Crippen molar-refractivity contribution in [3.05, 3.63) is 92.7 Å². The number of benzene rings is 2. The molecule has 3 aromatic rings. The van der Waals surface area contributed by atoms with Gasteiger partial charge in [-0.15, -0.1) is 11.3 Å². The van der Waals surface area contributed by atoms with Gasteiger partial charge in [-0.05, 0) is 59.5 Å². The van der Waals surface area contributed by atoms with Gasteiger partial charge in [-0.1, -0.05) is 48.5 Å². The van der Waals surface area contributed by atoms with E-state index in [1.807, 2.05) is 62.4 Å². The van der Waals surface area contributed by atoms with Crippen LogP contribution in [0.3, 0.4) is 0 Å². The minimum Gasteiger partial charge on any atom is -0.315 e. The average Bonchev–Trinajstić information content (AvgIpc) is 3.34. The Morgan fingerprint density at radius 3 is 2.58 bits per heavy atom. The van der Waals surface area contributed by atoms with Crippen LogP contribution in [0.25, 0.3) is 0 Å². The summed E-state index contributed by atoms with van der Waals surface area (Å²) in [6.45, 7) is 5.97. The molecule has 1 N–H and O–H groups in total. The third-order valence-corrected chi connectivity index (χ3v) is 7.50. The number of urea groups is 1. The number of aryl methyl sites for hydroxylation is 2. The quantitative estimate of drug-likeness (QED) is 0.631. The summed E-state index contributed by atoms with van der Waals surface area (Å²) in [5.41, 5.74) is 3.90. The zero-order chi connectivity index (χ0) is 21.6. The van der Waals surface area contributed by atoms with Crippen LogP contribution in [0.5, 0.6) is 0 Å². The van der Waals surface area contributed by atoms with E-state index < -0.39 is 5.54 Å². The third-order valence-electron chi connectivity index (χ3n) is 6.48. The number of amides is 3. The number of fused-ring (bicyclic) bond motifs is 1. The number of hydrogen-bond acceptors (Lipinski definition) is 4. The van der Waals surface area contributed by atoms with E-state index in [2.05, 4.69) is 21.7 Å². The molecule has 2 aromatic carbocycles. The molecule has 3 heterocycles. The molecule has 0 radical (unpaired) electrons. The summed E-state index contributed by atoms with van der Waals surface area (Å²) in [5, 5.41) is 5.18. The lowest BCUT2D eigenvalue weighted by atomic mass is 9.81. The van der Waals surface area contributed by atoms with E-state index in [4.69, 9.17) is 0 Å². The first-order chi connectivity index (χ1) is 15.0. The van der Waals surface area contributed by atoms with Crippen LogP contribution in [-0.2, 0) is 23.3 Å². The first-order valence-corrected chi connectivity index (χ1v) is 11.4. The summed E-state index contributed by atoms with van der Waals surface area (Å²) in [4.78, 5) is 32.0. The maximum atomic E-state index is 13.9. The van der Waals surface area contributed by atoms with E-state index in [-0.39, 0.29) is 11.9 Å². The van der Waals surface area contributed by atoms with Gasteiger partial charge in [0.2, 0.25) is 0 Å². The fourth-order valence-electron chi connectivity index (χ4n) is 4.55. The Morgan fingerprint density at radius 1 is 1.00 bits per heavy atom. The van der Waals surface area contributed by atoms with Crippen molar-refractivity contribution in [2.45, 2.75) is 32.4 Å². The van der Waals surface area contributed by atoms with Gasteiger partial charge in [-0.3, -0.25) is 9.69 Å².